The minimum Gasteiger partial charge on any atom is -0.493 e. The highest BCUT2D eigenvalue weighted by Gasteiger charge is 2.05. The average molecular weight is 339 g/mol. The number of ether oxygens (including phenoxy) is 1. The van der Waals surface area contributed by atoms with Crippen LogP contribution in [0.15, 0.2) is 36.5 Å². The Morgan fingerprint density at radius 2 is 2.00 bits per heavy atom. The van der Waals surface area contributed by atoms with Gasteiger partial charge in [0.05, 0.1) is 11.6 Å². The van der Waals surface area contributed by atoms with Crippen LogP contribution >= 0.6 is 23.2 Å². The Morgan fingerprint density at radius 1 is 1.23 bits per heavy atom. The molecule has 0 atom stereocenters. The van der Waals surface area contributed by atoms with Crippen molar-refractivity contribution in [1.82, 2.24) is 4.98 Å². The zero-order valence-electron chi connectivity index (χ0n) is 12.1. The lowest BCUT2D eigenvalue weighted by molar-refractivity contribution is -0.116. The molecule has 0 spiro atoms. The van der Waals surface area contributed by atoms with E-state index in [1.165, 1.54) is 6.20 Å². The zero-order valence-corrected chi connectivity index (χ0v) is 13.6. The Labute approximate surface area is 139 Å². The van der Waals surface area contributed by atoms with Gasteiger partial charge in [-0.3, -0.25) is 4.79 Å². The summed E-state index contributed by atoms with van der Waals surface area (Å²) in [5.74, 6) is 1.17. The predicted molar refractivity (Wildman–Crippen MR) is 88.8 cm³/mol. The molecule has 0 radical (unpaired) electrons. The monoisotopic (exact) mass is 338 g/mol. The van der Waals surface area contributed by atoms with Crippen molar-refractivity contribution in [2.45, 2.75) is 19.8 Å². The van der Waals surface area contributed by atoms with Crippen LogP contribution in [0.25, 0.3) is 0 Å². The van der Waals surface area contributed by atoms with Crippen LogP contribution in [0.5, 0.6) is 5.75 Å². The summed E-state index contributed by atoms with van der Waals surface area (Å²) in [5.41, 5.74) is 0.974. The normalized spacial score (nSPS) is 10.3. The van der Waals surface area contributed by atoms with Crippen molar-refractivity contribution >= 4 is 34.9 Å². The Morgan fingerprint density at radius 3 is 2.68 bits per heavy atom. The van der Waals surface area contributed by atoms with Crippen molar-refractivity contribution in [2.75, 3.05) is 11.9 Å². The van der Waals surface area contributed by atoms with E-state index in [2.05, 4.69) is 10.3 Å². The molecule has 116 valence electrons. The van der Waals surface area contributed by atoms with E-state index in [9.17, 15) is 4.79 Å². The van der Waals surface area contributed by atoms with Crippen molar-refractivity contribution in [1.29, 1.82) is 0 Å². The number of hydrogen-bond donors (Lipinski definition) is 1. The molecule has 0 fully saturated rings. The number of anilines is 1. The number of nitrogens with one attached hydrogen (secondary N) is 1. The van der Waals surface area contributed by atoms with E-state index >= 15 is 0 Å². The van der Waals surface area contributed by atoms with E-state index in [-0.39, 0.29) is 5.91 Å². The second kappa shape index (κ2) is 8.01. The van der Waals surface area contributed by atoms with Gasteiger partial charge in [-0.2, -0.15) is 0 Å². The maximum Gasteiger partial charge on any atom is 0.225 e. The fourth-order valence-electron chi connectivity index (χ4n) is 1.84. The van der Waals surface area contributed by atoms with Crippen LogP contribution in [-0.4, -0.2) is 17.5 Å². The standard InChI is InChI=1S/C16H16Cl2N2O2/c1-11-9-12(17)4-6-14(11)22-8-2-3-16(21)20-15-7-5-13(18)10-19-15/h4-7,9-10H,2-3,8H2,1H3,(H,19,20,21). The summed E-state index contributed by atoms with van der Waals surface area (Å²) in [4.78, 5) is 15.8. The van der Waals surface area contributed by atoms with Gasteiger partial charge in [-0.1, -0.05) is 23.2 Å². The first-order valence-corrected chi connectivity index (χ1v) is 7.60. The molecule has 1 amide bonds. The van der Waals surface area contributed by atoms with Gasteiger partial charge < -0.3 is 10.1 Å². The molecule has 1 N–H and O–H groups in total. The van der Waals surface area contributed by atoms with Gasteiger partial charge in [0, 0.05) is 17.6 Å². The van der Waals surface area contributed by atoms with Crippen LogP contribution in [-0.2, 0) is 4.79 Å². The molecule has 0 aliphatic heterocycles. The third-order valence-electron chi connectivity index (χ3n) is 2.94. The minimum absolute atomic E-state index is 0.105. The summed E-state index contributed by atoms with van der Waals surface area (Å²) in [6, 6.07) is 8.79. The van der Waals surface area contributed by atoms with Gasteiger partial charge in [-0.15, -0.1) is 0 Å². The van der Waals surface area contributed by atoms with Crippen molar-refractivity contribution in [3.63, 3.8) is 0 Å². The number of benzene rings is 1. The molecule has 0 saturated carbocycles. The molecule has 6 heteroatoms. The lowest BCUT2D eigenvalue weighted by Gasteiger charge is -2.09. The van der Waals surface area contributed by atoms with E-state index in [1.54, 1.807) is 18.2 Å². The number of amides is 1. The number of aryl methyl sites for hydroxylation is 1. The molecular formula is C16H16Cl2N2O2. The molecule has 0 bridgehead atoms. The first-order valence-electron chi connectivity index (χ1n) is 6.85. The van der Waals surface area contributed by atoms with Gasteiger partial charge in [-0.05, 0) is 49.2 Å². The highest BCUT2D eigenvalue weighted by Crippen LogP contribution is 2.22. The summed E-state index contributed by atoms with van der Waals surface area (Å²) in [5, 5.41) is 3.92. The molecule has 22 heavy (non-hydrogen) atoms. The molecule has 4 nitrogen and oxygen atoms in total. The van der Waals surface area contributed by atoms with E-state index < -0.39 is 0 Å². The van der Waals surface area contributed by atoms with Gasteiger partial charge in [0.2, 0.25) is 5.91 Å². The van der Waals surface area contributed by atoms with Crippen molar-refractivity contribution in [2.24, 2.45) is 0 Å². The number of nitrogens with zero attached hydrogens (tertiary/aromatic N) is 1. The second-order valence-electron chi connectivity index (χ2n) is 4.77. The van der Waals surface area contributed by atoms with E-state index in [4.69, 9.17) is 27.9 Å². The van der Waals surface area contributed by atoms with Crippen LogP contribution in [0.1, 0.15) is 18.4 Å². The summed E-state index contributed by atoms with van der Waals surface area (Å²) in [6.45, 7) is 2.39. The third-order valence-corrected chi connectivity index (χ3v) is 3.40. The largest absolute Gasteiger partial charge is 0.493 e. The number of hydrogen-bond acceptors (Lipinski definition) is 3. The third kappa shape index (κ3) is 5.20. The number of rotatable bonds is 6. The lowest BCUT2D eigenvalue weighted by Crippen LogP contribution is -2.13. The van der Waals surface area contributed by atoms with Crippen molar-refractivity contribution in [3.05, 3.63) is 52.1 Å². The van der Waals surface area contributed by atoms with Crippen LogP contribution in [0.2, 0.25) is 10.0 Å². The molecule has 0 unspecified atom stereocenters. The van der Waals surface area contributed by atoms with Gasteiger partial charge in [0.25, 0.3) is 0 Å². The molecule has 1 aromatic heterocycles. The van der Waals surface area contributed by atoms with Crippen molar-refractivity contribution in [3.8, 4) is 5.75 Å². The van der Waals surface area contributed by atoms with Crippen LogP contribution in [0.3, 0.4) is 0 Å². The van der Waals surface area contributed by atoms with Crippen LogP contribution < -0.4 is 10.1 Å². The number of pyridine rings is 1. The number of halogens is 2. The number of aromatic nitrogens is 1. The Kier molecular flexibility index (Phi) is 6.04. The van der Waals surface area contributed by atoms with Gasteiger partial charge >= 0.3 is 0 Å². The quantitative estimate of drug-likeness (QED) is 0.789. The first-order chi connectivity index (χ1) is 10.5. The van der Waals surface area contributed by atoms with E-state index in [0.717, 1.165) is 11.3 Å². The predicted octanol–water partition coefficient (Wildman–Crippen LogP) is 4.49. The van der Waals surface area contributed by atoms with E-state index in [0.29, 0.717) is 35.3 Å². The average Bonchev–Trinajstić information content (AvgIpc) is 2.48. The van der Waals surface area contributed by atoms with Gasteiger partial charge in [-0.25, -0.2) is 4.98 Å². The molecule has 1 heterocycles. The molecule has 1 aromatic carbocycles. The zero-order chi connectivity index (χ0) is 15.9. The number of carbonyl (C=O) groups is 1. The maximum absolute atomic E-state index is 11.8. The fourth-order valence-corrected chi connectivity index (χ4v) is 2.18. The molecule has 2 aromatic rings. The molecule has 0 saturated heterocycles. The second-order valence-corrected chi connectivity index (χ2v) is 5.64. The summed E-state index contributed by atoms with van der Waals surface area (Å²) in [6.07, 6.45) is 2.46. The molecule has 0 aliphatic rings. The first kappa shape index (κ1) is 16.6. The Hall–Kier alpha value is -1.78. The summed E-state index contributed by atoms with van der Waals surface area (Å²) < 4.78 is 5.64. The van der Waals surface area contributed by atoms with Gasteiger partial charge in [0.15, 0.2) is 0 Å². The van der Waals surface area contributed by atoms with E-state index in [1.807, 2.05) is 19.1 Å². The fraction of sp³-hybridized carbons (Fsp3) is 0.250. The summed E-state index contributed by atoms with van der Waals surface area (Å²) in [7, 11) is 0. The van der Waals surface area contributed by atoms with Crippen LogP contribution in [0.4, 0.5) is 5.82 Å². The van der Waals surface area contributed by atoms with Crippen molar-refractivity contribution < 1.29 is 9.53 Å². The highest BCUT2D eigenvalue weighted by atomic mass is 35.5. The maximum atomic E-state index is 11.8. The van der Waals surface area contributed by atoms with Crippen LogP contribution in [0, 0.1) is 6.92 Å². The van der Waals surface area contributed by atoms with Gasteiger partial charge in [0.1, 0.15) is 11.6 Å². The smallest absolute Gasteiger partial charge is 0.225 e. The highest BCUT2D eigenvalue weighted by molar-refractivity contribution is 6.30. The molecular weight excluding hydrogens is 323 g/mol. The Bertz CT molecular complexity index is 645. The lowest BCUT2D eigenvalue weighted by atomic mass is 10.2. The number of carbonyl (C=O) groups excluding carboxylic acids is 1. The summed E-state index contributed by atoms with van der Waals surface area (Å²) >= 11 is 11.6. The SMILES string of the molecule is Cc1cc(Cl)ccc1OCCCC(=O)Nc1ccc(Cl)cn1. The molecule has 2 rings (SSSR count). The Balaban J connectivity index is 1.72. The molecule has 0 aliphatic carbocycles. The minimum atomic E-state index is -0.105. The topological polar surface area (TPSA) is 51.2 Å².